The van der Waals surface area contributed by atoms with E-state index in [1.54, 1.807) is 67.5 Å². The van der Waals surface area contributed by atoms with E-state index in [-0.39, 0.29) is 49.3 Å². The molecule has 0 spiro atoms. The van der Waals surface area contributed by atoms with Crippen molar-refractivity contribution in [1.82, 2.24) is 19.4 Å². The fourth-order valence-electron chi connectivity index (χ4n) is 4.77. The molecular formula is C29H25BrClFN4O4. The summed E-state index contributed by atoms with van der Waals surface area (Å²) in [4.78, 5) is 42.3. The Balaban J connectivity index is 1.53. The van der Waals surface area contributed by atoms with Crippen LogP contribution in [-0.4, -0.2) is 39.5 Å². The second-order valence-electron chi connectivity index (χ2n) is 9.37. The van der Waals surface area contributed by atoms with E-state index < -0.39 is 5.91 Å². The largest absolute Gasteiger partial charge is 0.497 e. The highest BCUT2D eigenvalue weighted by atomic mass is 79.9. The molecule has 0 bridgehead atoms. The number of hydrogen-bond acceptors (Lipinski definition) is 4. The van der Waals surface area contributed by atoms with Gasteiger partial charge in [-0.05, 0) is 88.6 Å². The van der Waals surface area contributed by atoms with E-state index >= 15 is 0 Å². The Bertz CT molecular complexity index is 1680. The fraction of sp³-hybridized carbons (Fsp3) is 0.207. The van der Waals surface area contributed by atoms with Crippen molar-refractivity contribution >= 4 is 39.3 Å². The lowest BCUT2D eigenvalue weighted by molar-refractivity contribution is 0.0706. The van der Waals surface area contributed by atoms with Crippen LogP contribution in [0.25, 0.3) is 5.69 Å². The van der Waals surface area contributed by atoms with Gasteiger partial charge in [0.25, 0.3) is 11.8 Å². The van der Waals surface area contributed by atoms with Crippen LogP contribution < -0.4 is 15.7 Å². The van der Waals surface area contributed by atoms with Gasteiger partial charge in [0.05, 0.1) is 30.1 Å². The molecule has 0 saturated heterocycles. The van der Waals surface area contributed by atoms with Crippen molar-refractivity contribution in [2.24, 2.45) is 0 Å². The van der Waals surface area contributed by atoms with E-state index in [0.29, 0.717) is 37.8 Å². The molecule has 0 atom stereocenters. The number of rotatable bonds is 6. The highest BCUT2D eigenvalue weighted by Crippen LogP contribution is 2.26. The SMILES string of the molecule is COc1ccc(-n2c(C(=O)NCc3ccc(F)cc3C)c3n(c2=O)CCN(C(=O)c2ccc(Br)c(Cl)c2)C3)cc1. The number of fused-ring (bicyclic) bond motifs is 1. The number of ether oxygens (including phenoxy) is 1. The number of nitrogens with zero attached hydrogens (tertiary/aromatic N) is 3. The van der Waals surface area contributed by atoms with Crippen molar-refractivity contribution in [2.45, 2.75) is 26.6 Å². The maximum Gasteiger partial charge on any atom is 0.333 e. The molecule has 8 nitrogen and oxygen atoms in total. The van der Waals surface area contributed by atoms with Crippen LogP contribution in [0.2, 0.25) is 5.02 Å². The third-order valence-corrected chi connectivity index (χ3v) is 8.16. The number of aryl methyl sites for hydroxylation is 1. The number of amides is 2. The average Bonchev–Trinajstić information content (AvgIpc) is 3.25. The van der Waals surface area contributed by atoms with Gasteiger partial charge in [-0.2, -0.15) is 0 Å². The van der Waals surface area contributed by atoms with Gasteiger partial charge in [0.2, 0.25) is 0 Å². The van der Waals surface area contributed by atoms with Gasteiger partial charge in [0.1, 0.15) is 17.3 Å². The molecule has 0 saturated carbocycles. The summed E-state index contributed by atoms with van der Waals surface area (Å²) >= 11 is 9.55. The van der Waals surface area contributed by atoms with Crippen LogP contribution in [0.4, 0.5) is 4.39 Å². The number of benzene rings is 3. The number of nitrogens with one attached hydrogen (secondary N) is 1. The summed E-state index contributed by atoms with van der Waals surface area (Å²) in [7, 11) is 1.54. The van der Waals surface area contributed by atoms with E-state index in [9.17, 15) is 18.8 Å². The molecule has 5 rings (SSSR count). The Hall–Kier alpha value is -3.89. The number of imidazole rings is 1. The van der Waals surface area contributed by atoms with Crippen LogP contribution in [0.1, 0.15) is 37.7 Å². The number of carbonyl (C=O) groups excluding carboxylic acids is 2. The average molecular weight is 628 g/mol. The number of aromatic nitrogens is 2. The standard InChI is InChI=1S/C29H25BrClFN4O4/c1-17-13-20(32)5-3-19(17)15-33-27(37)26-25-16-34(28(38)18-4-10-23(30)24(31)14-18)11-12-35(25)29(39)36(26)21-6-8-22(40-2)9-7-21/h3-10,13-14H,11-12,15-16H2,1-2H3,(H,33,37). The van der Waals surface area contributed by atoms with Crippen molar-refractivity contribution in [1.29, 1.82) is 0 Å². The number of methoxy groups -OCH3 is 1. The minimum Gasteiger partial charge on any atom is -0.497 e. The van der Waals surface area contributed by atoms with Gasteiger partial charge in [0.15, 0.2) is 0 Å². The van der Waals surface area contributed by atoms with Gasteiger partial charge >= 0.3 is 5.69 Å². The summed E-state index contributed by atoms with van der Waals surface area (Å²) in [5, 5.41) is 3.28. The molecule has 2 heterocycles. The second kappa shape index (κ2) is 11.3. The molecular weight excluding hydrogens is 603 g/mol. The van der Waals surface area contributed by atoms with Gasteiger partial charge in [0, 0.05) is 29.7 Å². The molecule has 2 amide bonds. The van der Waals surface area contributed by atoms with E-state index in [1.807, 2.05) is 0 Å². The van der Waals surface area contributed by atoms with Gasteiger partial charge < -0.3 is 15.0 Å². The van der Waals surface area contributed by atoms with Gasteiger partial charge in [-0.3, -0.25) is 18.7 Å². The first-order valence-corrected chi connectivity index (χ1v) is 13.6. The summed E-state index contributed by atoms with van der Waals surface area (Å²) in [6.07, 6.45) is 0. The zero-order valence-electron chi connectivity index (χ0n) is 21.7. The molecule has 206 valence electrons. The third kappa shape index (κ3) is 5.29. The molecule has 1 aromatic heterocycles. The van der Waals surface area contributed by atoms with Crippen LogP contribution in [0.3, 0.4) is 0 Å². The maximum atomic E-state index is 13.7. The molecule has 3 aromatic carbocycles. The Kier molecular flexibility index (Phi) is 7.82. The molecule has 11 heteroatoms. The lowest BCUT2D eigenvalue weighted by Gasteiger charge is -2.28. The van der Waals surface area contributed by atoms with Crippen molar-refractivity contribution in [3.8, 4) is 11.4 Å². The van der Waals surface area contributed by atoms with E-state index in [1.165, 1.54) is 21.3 Å². The van der Waals surface area contributed by atoms with Crippen molar-refractivity contribution in [2.75, 3.05) is 13.7 Å². The number of carbonyl (C=O) groups is 2. The van der Waals surface area contributed by atoms with E-state index in [2.05, 4.69) is 21.2 Å². The topological polar surface area (TPSA) is 85.6 Å². The first-order chi connectivity index (χ1) is 19.2. The lowest BCUT2D eigenvalue weighted by Crippen LogP contribution is -2.41. The molecule has 1 N–H and O–H groups in total. The Morgan fingerprint density at radius 3 is 2.50 bits per heavy atom. The minimum absolute atomic E-state index is 0.0449. The van der Waals surface area contributed by atoms with Gasteiger partial charge in [-0.1, -0.05) is 17.7 Å². The smallest absolute Gasteiger partial charge is 0.333 e. The quantitative estimate of drug-likeness (QED) is 0.323. The Morgan fingerprint density at radius 2 is 1.82 bits per heavy atom. The van der Waals surface area contributed by atoms with Gasteiger partial charge in [-0.15, -0.1) is 0 Å². The predicted molar refractivity (Wildman–Crippen MR) is 153 cm³/mol. The van der Waals surface area contributed by atoms with E-state index in [0.717, 1.165) is 5.56 Å². The normalized spacial score (nSPS) is 12.7. The molecule has 0 radical (unpaired) electrons. The van der Waals surface area contributed by atoms with Crippen molar-refractivity contribution in [3.05, 3.63) is 115 Å². The minimum atomic E-state index is -0.494. The number of halogens is 3. The fourth-order valence-corrected chi connectivity index (χ4v) is 5.19. The molecule has 1 aliphatic heterocycles. The second-order valence-corrected chi connectivity index (χ2v) is 10.6. The Morgan fingerprint density at radius 1 is 1.07 bits per heavy atom. The first kappa shape index (κ1) is 27.7. The van der Waals surface area contributed by atoms with Crippen LogP contribution in [-0.2, 0) is 19.6 Å². The molecule has 0 aliphatic carbocycles. The van der Waals surface area contributed by atoms with Gasteiger partial charge in [-0.25, -0.2) is 9.18 Å². The van der Waals surface area contributed by atoms with Crippen LogP contribution >= 0.6 is 27.5 Å². The zero-order chi connectivity index (χ0) is 28.6. The van der Waals surface area contributed by atoms with Crippen molar-refractivity contribution in [3.63, 3.8) is 0 Å². The maximum absolute atomic E-state index is 13.7. The highest BCUT2D eigenvalue weighted by molar-refractivity contribution is 9.10. The number of hydrogen-bond donors (Lipinski definition) is 1. The molecule has 0 unspecified atom stereocenters. The van der Waals surface area contributed by atoms with Crippen LogP contribution in [0, 0.1) is 12.7 Å². The first-order valence-electron chi connectivity index (χ1n) is 12.4. The highest BCUT2D eigenvalue weighted by Gasteiger charge is 2.32. The molecule has 4 aromatic rings. The summed E-state index contributed by atoms with van der Waals surface area (Å²) < 4.78 is 22.4. The molecule has 40 heavy (non-hydrogen) atoms. The van der Waals surface area contributed by atoms with Crippen LogP contribution in [0.5, 0.6) is 5.75 Å². The summed E-state index contributed by atoms with van der Waals surface area (Å²) in [6.45, 7) is 2.43. The summed E-state index contributed by atoms with van der Waals surface area (Å²) in [5.74, 6) is -0.521. The lowest BCUT2D eigenvalue weighted by atomic mass is 10.1. The zero-order valence-corrected chi connectivity index (χ0v) is 24.1. The molecule has 1 aliphatic rings. The monoisotopic (exact) mass is 626 g/mol. The van der Waals surface area contributed by atoms with E-state index in [4.69, 9.17) is 16.3 Å². The molecule has 0 fully saturated rings. The summed E-state index contributed by atoms with van der Waals surface area (Å²) in [6, 6.07) is 16.1. The predicted octanol–water partition coefficient (Wildman–Crippen LogP) is 5.10. The summed E-state index contributed by atoms with van der Waals surface area (Å²) in [5.41, 5.74) is 2.46. The van der Waals surface area contributed by atoms with Crippen LogP contribution in [0.15, 0.2) is 69.9 Å². The third-order valence-electron chi connectivity index (χ3n) is 6.92. The van der Waals surface area contributed by atoms with Crippen molar-refractivity contribution < 1.29 is 18.7 Å². The Labute approximate surface area is 243 Å².